The fraction of sp³-hybridized carbons (Fsp3) is 0.483. The topological polar surface area (TPSA) is 135 Å². The van der Waals surface area contributed by atoms with Crippen molar-refractivity contribution >= 4 is 40.5 Å². The van der Waals surface area contributed by atoms with Crippen LogP contribution in [0.15, 0.2) is 29.3 Å². The zero-order chi connectivity index (χ0) is 28.8. The van der Waals surface area contributed by atoms with E-state index in [-0.39, 0.29) is 12.3 Å². The van der Waals surface area contributed by atoms with Crippen molar-refractivity contribution in [3.05, 3.63) is 62.5 Å². The monoisotopic (exact) mass is 584 g/mol. The molecule has 0 aliphatic carbocycles. The molecule has 4 N–H and O–H groups in total. The number of aliphatic carboxylic acids is 1. The van der Waals surface area contributed by atoms with Crippen LogP contribution in [0.2, 0.25) is 5.02 Å². The minimum Gasteiger partial charge on any atom is -0.480 e. The smallest absolute Gasteiger partial charge is 0.326 e. The molecule has 0 spiro atoms. The molecule has 1 aliphatic rings. The van der Waals surface area contributed by atoms with E-state index in [1.54, 1.807) is 11.3 Å². The molecule has 0 fully saturated rings. The molecule has 1 unspecified atom stereocenters. The van der Waals surface area contributed by atoms with Crippen LogP contribution >= 0.6 is 22.9 Å². The summed E-state index contributed by atoms with van der Waals surface area (Å²) in [5.74, 6) is -0.159. The van der Waals surface area contributed by atoms with Gasteiger partial charge in [-0.05, 0) is 57.9 Å². The zero-order valence-electron chi connectivity index (χ0n) is 23.2. The number of aliphatic imine (C=N–C) groups is 1. The zero-order valence-corrected chi connectivity index (χ0v) is 24.8. The van der Waals surface area contributed by atoms with Crippen LogP contribution in [0.1, 0.15) is 90.6 Å². The maximum absolute atomic E-state index is 13.3. The third-order valence-corrected chi connectivity index (χ3v) is 8.76. The quantitative estimate of drug-likeness (QED) is 0.229. The standard InChI is InChI=1S/C29H37ClN6O3S/c1-17-18(2)40-28-25(17)26(20-11-13-21(30)14-12-20)33-23(27-35-34-19(3)36(27)28)16-24(37)32-22(29(38)39)10-8-6-4-5-7-9-15-31/h11-14,22-23H,4-10,15-16,31H2,1-3H3,(H,32,37)(H,38,39)/t22?,23-/m0/s1. The number of hydrogen-bond donors (Lipinski definition) is 3. The number of fused-ring (bicyclic) bond motifs is 3. The average molecular weight is 585 g/mol. The van der Waals surface area contributed by atoms with Crippen LogP contribution in [-0.2, 0) is 9.59 Å². The van der Waals surface area contributed by atoms with Crippen molar-refractivity contribution in [3.63, 3.8) is 0 Å². The van der Waals surface area contributed by atoms with Crippen molar-refractivity contribution in [2.75, 3.05) is 6.54 Å². The molecule has 3 aromatic rings. The van der Waals surface area contributed by atoms with Crippen LogP contribution in [0.5, 0.6) is 0 Å². The van der Waals surface area contributed by atoms with E-state index in [9.17, 15) is 14.7 Å². The second kappa shape index (κ2) is 13.5. The highest BCUT2D eigenvalue weighted by Crippen LogP contribution is 2.39. The Morgan fingerprint density at radius 3 is 2.42 bits per heavy atom. The van der Waals surface area contributed by atoms with Gasteiger partial charge in [-0.2, -0.15) is 0 Å². The third kappa shape index (κ3) is 6.79. The molecular formula is C29H37ClN6O3S. The van der Waals surface area contributed by atoms with Gasteiger partial charge in [-0.25, -0.2) is 4.79 Å². The summed E-state index contributed by atoms with van der Waals surface area (Å²) in [6.45, 7) is 6.72. The molecule has 0 saturated heterocycles. The molecule has 9 nitrogen and oxygen atoms in total. The lowest BCUT2D eigenvalue weighted by atomic mass is 9.99. The third-order valence-electron chi connectivity index (χ3n) is 7.32. The van der Waals surface area contributed by atoms with E-state index in [1.165, 1.54) is 0 Å². The SMILES string of the molecule is Cc1sc2c(c1C)C(c1ccc(Cl)cc1)=N[C@@H](CC(=O)NC(CCCCCCCCN)C(=O)O)c1nnc(C)n1-2. The largest absolute Gasteiger partial charge is 0.480 e. The summed E-state index contributed by atoms with van der Waals surface area (Å²) in [4.78, 5) is 31.4. The molecule has 214 valence electrons. The van der Waals surface area contributed by atoms with E-state index in [0.717, 1.165) is 70.8 Å². The molecule has 1 amide bonds. The Labute approximate surface area is 243 Å². The fourth-order valence-electron chi connectivity index (χ4n) is 5.02. The predicted octanol–water partition coefficient (Wildman–Crippen LogP) is 5.45. The van der Waals surface area contributed by atoms with Crippen molar-refractivity contribution in [3.8, 4) is 5.00 Å². The first-order valence-corrected chi connectivity index (χ1v) is 15.0. The number of carboxylic acid groups (broad SMARTS) is 1. The van der Waals surface area contributed by atoms with Gasteiger partial charge in [0, 0.05) is 21.0 Å². The maximum atomic E-state index is 13.3. The number of nitrogens with zero attached hydrogens (tertiary/aromatic N) is 4. The number of aryl methyl sites for hydroxylation is 2. The van der Waals surface area contributed by atoms with E-state index in [1.807, 2.05) is 35.8 Å². The number of nitrogens with one attached hydrogen (secondary N) is 1. The van der Waals surface area contributed by atoms with Gasteiger partial charge in [-0.15, -0.1) is 21.5 Å². The summed E-state index contributed by atoms with van der Waals surface area (Å²) in [5, 5.41) is 22.8. The summed E-state index contributed by atoms with van der Waals surface area (Å²) in [7, 11) is 0. The van der Waals surface area contributed by atoms with E-state index in [0.29, 0.717) is 29.6 Å². The van der Waals surface area contributed by atoms with Gasteiger partial charge in [0.25, 0.3) is 0 Å². The molecule has 1 aromatic carbocycles. The van der Waals surface area contributed by atoms with Gasteiger partial charge < -0.3 is 16.2 Å². The van der Waals surface area contributed by atoms with Crippen molar-refractivity contribution in [1.82, 2.24) is 20.1 Å². The van der Waals surface area contributed by atoms with Gasteiger partial charge in [0.2, 0.25) is 5.91 Å². The van der Waals surface area contributed by atoms with Gasteiger partial charge in [0.1, 0.15) is 22.9 Å². The number of carbonyl (C=O) groups excluding carboxylic acids is 1. The number of aromatic nitrogens is 3. The summed E-state index contributed by atoms with van der Waals surface area (Å²) < 4.78 is 1.98. The highest BCUT2D eigenvalue weighted by molar-refractivity contribution is 7.15. The van der Waals surface area contributed by atoms with Crippen molar-refractivity contribution in [1.29, 1.82) is 0 Å². The van der Waals surface area contributed by atoms with Gasteiger partial charge in [-0.1, -0.05) is 55.8 Å². The first-order valence-electron chi connectivity index (χ1n) is 13.8. The van der Waals surface area contributed by atoms with Crippen molar-refractivity contribution < 1.29 is 14.7 Å². The van der Waals surface area contributed by atoms with E-state index >= 15 is 0 Å². The maximum Gasteiger partial charge on any atom is 0.326 e. The lowest BCUT2D eigenvalue weighted by molar-refractivity contribution is -0.142. The Kier molecular flexibility index (Phi) is 10.1. The summed E-state index contributed by atoms with van der Waals surface area (Å²) in [6.07, 6.45) is 6.20. The molecule has 4 rings (SSSR count). The number of carbonyl (C=O) groups is 2. The number of nitrogens with two attached hydrogens (primary N) is 1. The normalized spacial score (nSPS) is 15.1. The van der Waals surface area contributed by atoms with Crippen LogP contribution in [0.4, 0.5) is 0 Å². The Morgan fingerprint density at radius 2 is 1.75 bits per heavy atom. The Hall–Kier alpha value is -3.08. The van der Waals surface area contributed by atoms with Gasteiger partial charge in [0.15, 0.2) is 5.82 Å². The molecule has 2 aromatic heterocycles. The van der Waals surface area contributed by atoms with Crippen LogP contribution in [0, 0.1) is 20.8 Å². The number of benzene rings is 1. The highest BCUT2D eigenvalue weighted by atomic mass is 35.5. The number of halogens is 1. The molecule has 3 heterocycles. The number of amides is 1. The molecule has 40 heavy (non-hydrogen) atoms. The van der Waals surface area contributed by atoms with E-state index in [4.69, 9.17) is 22.3 Å². The minimum absolute atomic E-state index is 0.0505. The minimum atomic E-state index is -1.03. The molecule has 0 saturated carbocycles. The van der Waals surface area contributed by atoms with Crippen LogP contribution in [0.3, 0.4) is 0 Å². The highest BCUT2D eigenvalue weighted by Gasteiger charge is 2.33. The van der Waals surface area contributed by atoms with Crippen LogP contribution in [0.25, 0.3) is 5.00 Å². The summed E-state index contributed by atoms with van der Waals surface area (Å²) >= 11 is 7.81. The van der Waals surface area contributed by atoms with Gasteiger partial charge in [-0.3, -0.25) is 14.4 Å². The molecular weight excluding hydrogens is 548 g/mol. The fourth-order valence-corrected chi connectivity index (χ4v) is 6.36. The number of thiophene rings is 1. The van der Waals surface area contributed by atoms with E-state index in [2.05, 4.69) is 29.4 Å². The summed E-state index contributed by atoms with van der Waals surface area (Å²) in [5.41, 5.74) is 9.25. The number of hydrogen-bond acceptors (Lipinski definition) is 7. The first kappa shape index (κ1) is 29.9. The predicted molar refractivity (Wildman–Crippen MR) is 159 cm³/mol. The Bertz CT molecular complexity index is 1380. The second-order valence-electron chi connectivity index (χ2n) is 10.3. The van der Waals surface area contributed by atoms with Crippen molar-refractivity contribution in [2.45, 2.75) is 84.2 Å². The van der Waals surface area contributed by atoms with Crippen molar-refractivity contribution in [2.24, 2.45) is 10.7 Å². The summed E-state index contributed by atoms with van der Waals surface area (Å²) in [6, 6.07) is 5.88. The van der Waals surface area contributed by atoms with Gasteiger partial charge in [0.05, 0.1) is 12.1 Å². The lowest BCUT2D eigenvalue weighted by Gasteiger charge is -2.17. The number of rotatable bonds is 13. The molecule has 11 heteroatoms. The Morgan fingerprint density at radius 1 is 1.07 bits per heavy atom. The lowest BCUT2D eigenvalue weighted by Crippen LogP contribution is -2.41. The molecule has 1 aliphatic heterocycles. The number of carboxylic acids is 1. The van der Waals surface area contributed by atoms with E-state index < -0.39 is 18.1 Å². The van der Waals surface area contributed by atoms with Gasteiger partial charge >= 0.3 is 5.97 Å². The molecule has 2 atom stereocenters. The first-order chi connectivity index (χ1) is 19.2. The second-order valence-corrected chi connectivity index (χ2v) is 11.9. The molecule has 0 radical (unpaired) electrons. The average Bonchev–Trinajstić information content (AvgIpc) is 3.39. The van der Waals surface area contributed by atoms with Crippen LogP contribution in [-0.4, -0.2) is 50.0 Å². The number of unbranched alkanes of at least 4 members (excludes halogenated alkanes) is 5. The Balaban J connectivity index is 1.58. The van der Waals surface area contributed by atoms with Crippen LogP contribution < -0.4 is 11.1 Å². The molecule has 0 bridgehead atoms.